The zero-order valence-corrected chi connectivity index (χ0v) is 13.1. The number of carbonyl (C=O) groups is 3. The molecule has 0 saturated carbocycles. The molecule has 0 bridgehead atoms. The quantitative estimate of drug-likeness (QED) is 0.532. The predicted molar refractivity (Wildman–Crippen MR) is 82.2 cm³/mol. The van der Waals surface area contributed by atoms with Gasteiger partial charge in [-0.2, -0.15) is 10.2 Å². The third-order valence-corrected chi connectivity index (χ3v) is 3.22. The van der Waals surface area contributed by atoms with E-state index in [2.05, 4.69) is 20.8 Å². The minimum absolute atomic E-state index is 0.0620. The Hall–Kier alpha value is -3.17. The summed E-state index contributed by atoms with van der Waals surface area (Å²) < 4.78 is 2.66. The van der Waals surface area contributed by atoms with Gasteiger partial charge in [0, 0.05) is 31.2 Å². The van der Waals surface area contributed by atoms with E-state index in [1.54, 1.807) is 16.9 Å². The summed E-state index contributed by atoms with van der Waals surface area (Å²) in [5.74, 6) is -1.75. The van der Waals surface area contributed by atoms with E-state index in [1.807, 2.05) is 6.92 Å². The molecule has 3 N–H and O–H groups in total. The van der Waals surface area contributed by atoms with Crippen LogP contribution in [-0.4, -0.2) is 55.5 Å². The molecule has 0 unspecified atom stereocenters. The highest BCUT2D eigenvalue weighted by Crippen LogP contribution is 1.98. The molecule has 10 heteroatoms. The van der Waals surface area contributed by atoms with Crippen molar-refractivity contribution in [2.75, 3.05) is 13.1 Å². The number of aromatic carboxylic acids is 1. The van der Waals surface area contributed by atoms with Gasteiger partial charge in [-0.05, 0) is 19.1 Å². The van der Waals surface area contributed by atoms with E-state index < -0.39 is 11.9 Å². The van der Waals surface area contributed by atoms with Crippen molar-refractivity contribution in [2.45, 2.75) is 20.0 Å². The van der Waals surface area contributed by atoms with E-state index in [0.29, 0.717) is 0 Å². The first kappa shape index (κ1) is 17.2. The molecule has 2 amide bonds. The van der Waals surface area contributed by atoms with Gasteiger partial charge in [-0.25, -0.2) is 9.48 Å². The number of carboxylic acid groups (broad SMARTS) is 1. The zero-order chi connectivity index (χ0) is 17.5. The van der Waals surface area contributed by atoms with Gasteiger partial charge < -0.3 is 15.7 Å². The van der Waals surface area contributed by atoms with E-state index >= 15 is 0 Å². The first-order valence-corrected chi connectivity index (χ1v) is 7.24. The average Bonchev–Trinajstić information content (AvgIpc) is 3.13. The Labute approximate surface area is 137 Å². The van der Waals surface area contributed by atoms with Crippen LogP contribution < -0.4 is 10.6 Å². The largest absolute Gasteiger partial charge is 0.477 e. The van der Waals surface area contributed by atoms with Crippen LogP contribution in [0.25, 0.3) is 0 Å². The summed E-state index contributed by atoms with van der Waals surface area (Å²) in [6, 6.07) is 3.11. The van der Waals surface area contributed by atoms with E-state index in [1.165, 1.54) is 12.3 Å². The van der Waals surface area contributed by atoms with Gasteiger partial charge in [0.1, 0.15) is 18.8 Å². The molecule has 128 valence electrons. The summed E-state index contributed by atoms with van der Waals surface area (Å²) in [5, 5.41) is 21.9. The summed E-state index contributed by atoms with van der Waals surface area (Å²) >= 11 is 0. The Morgan fingerprint density at radius 2 is 1.54 bits per heavy atom. The highest BCUT2D eigenvalue weighted by Gasteiger charge is 2.12. The van der Waals surface area contributed by atoms with Gasteiger partial charge in [0.15, 0.2) is 0 Å². The summed E-state index contributed by atoms with van der Waals surface area (Å²) in [6.07, 6.45) is 2.93. The topological polar surface area (TPSA) is 131 Å². The van der Waals surface area contributed by atoms with Crippen molar-refractivity contribution in [1.82, 2.24) is 30.2 Å². The number of aryl methyl sites for hydroxylation is 1. The number of nitrogens with one attached hydrogen (secondary N) is 2. The lowest BCUT2D eigenvalue weighted by atomic mass is 10.4. The summed E-state index contributed by atoms with van der Waals surface area (Å²) in [4.78, 5) is 34.4. The molecular formula is C14H18N6O4. The first-order valence-electron chi connectivity index (χ1n) is 7.24. The van der Waals surface area contributed by atoms with E-state index in [4.69, 9.17) is 5.11 Å². The van der Waals surface area contributed by atoms with Crippen molar-refractivity contribution < 1.29 is 19.5 Å². The molecule has 0 aliphatic rings. The van der Waals surface area contributed by atoms with Gasteiger partial charge in [0.25, 0.3) is 0 Å². The second-order valence-corrected chi connectivity index (χ2v) is 5.01. The molecule has 2 heterocycles. The predicted octanol–water partition coefficient (Wildman–Crippen LogP) is -0.981. The summed E-state index contributed by atoms with van der Waals surface area (Å²) in [7, 11) is 0. The van der Waals surface area contributed by atoms with Crippen LogP contribution in [0, 0.1) is 6.92 Å². The van der Waals surface area contributed by atoms with Crippen molar-refractivity contribution in [2.24, 2.45) is 0 Å². The molecule has 2 aromatic heterocycles. The normalized spacial score (nSPS) is 10.4. The number of amides is 2. The van der Waals surface area contributed by atoms with Crippen molar-refractivity contribution >= 4 is 17.8 Å². The molecular weight excluding hydrogens is 316 g/mol. The van der Waals surface area contributed by atoms with Crippen molar-refractivity contribution in [1.29, 1.82) is 0 Å². The van der Waals surface area contributed by atoms with Crippen LogP contribution in [0.2, 0.25) is 0 Å². The number of hydrogen-bond donors (Lipinski definition) is 3. The molecule has 0 fully saturated rings. The molecule has 10 nitrogen and oxygen atoms in total. The van der Waals surface area contributed by atoms with Crippen molar-refractivity contribution in [3.8, 4) is 0 Å². The maximum atomic E-state index is 11.7. The lowest BCUT2D eigenvalue weighted by Gasteiger charge is -2.09. The Balaban J connectivity index is 1.67. The highest BCUT2D eigenvalue weighted by molar-refractivity contribution is 5.86. The van der Waals surface area contributed by atoms with Crippen LogP contribution in [0.3, 0.4) is 0 Å². The lowest BCUT2D eigenvalue weighted by molar-refractivity contribution is -0.123. The van der Waals surface area contributed by atoms with Crippen LogP contribution in [0.5, 0.6) is 0 Å². The third kappa shape index (κ3) is 4.66. The molecule has 0 atom stereocenters. The molecule has 2 aromatic rings. The average molecular weight is 334 g/mol. The fraction of sp³-hybridized carbons (Fsp3) is 0.357. The zero-order valence-electron chi connectivity index (χ0n) is 13.1. The highest BCUT2D eigenvalue weighted by atomic mass is 16.4. The first-order chi connectivity index (χ1) is 11.5. The number of carbonyl (C=O) groups excluding carboxylic acids is 2. The fourth-order valence-electron chi connectivity index (χ4n) is 1.99. The Kier molecular flexibility index (Phi) is 5.66. The van der Waals surface area contributed by atoms with E-state index in [0.717, 1.165) is 10.4 Å². The molecule has 24 heavy (non-hydrogen) atoms. The van der Waals surface area contributed by atoms with Gasteiger partial charge in [-0.1, -0.05) is 0 Å². The minimum atomic E-state index is -1.15. The van der Waals surface area contributed by atoms with Gasteiger partial charge >= 0.3 is 5.97 Å². The van der Waals surface area contributed by atoms with Crippen LogP contribution in [-0.2, 0) is 22.7 Å². The van der Waals surface area contributed by atoms with Crippen molar-refractivity contribution in [3.05, 3.63) is 35.9 Å². The second kappa shape index (κ2) is 7.90. The third-order valence-electron chi connectivity index (χ3n) is 3.22. The fourth-order valence-corrected chi connectivity index (χ4v) is 1.99. The minimum Gasteiger partial charge on any atom is -0.477 e. The molecule has 0 saturated heterocycles. The summed E-state index contributed by atoms with van der Waals surface area (Å²) in [5.41, 5.74) is 0.819. The maximum absolute atomic E-state index is 11.7. The number of hydrogen-bond acceptors (Lipinski definition) is 5. The molecule has 0 radical (unpaired) electrons. The maximum Gasteiger partial charge on any atom is 0.354 e. The van der Waals surface area contributed by atoms with Gasteiger partial charge in [-0.3, -0.25) is 14.3 Å². The van der Waals surface area contributed by atoms with Crippen LogP contribution in [0.1, 0.15) is 16.2 Å². The van der Waals surface area contributed by atoms with Gasteiger partial charge in [0.2, 0.25) is 11.8 Å². The number of aromatic nitrogens is 4. The smallest absolute Gasteiger partial charge is 0.354 e. The van der Waals surface area contributed by atoms with Crippen LogP contribution in [0.4, 0.5) is 0 Å². The second-order valence-electron chi connectivity index (χ2n) is 5.01. The summed E-state index contributed by atoms with van der Waals surface area (Å²) in [6.45, 7) is 2.25. The molecule has 0 aliphatic heterocycles. The molecule has 0 aliphatic carbocycles. The van der Waals surface area contributed by atoms with Crippen LogP contribution >= 0.6 is 0 Å². The SMILES string of the molecule is Cc1ccnn1CC(=O)NCCNC(=O)Cn1nccc1C(=O)O. The number of carboxylic acids is 1. The number of rotatable bonds is 8. The Morgan fingerprint density at radius 1 is 1.00 bits per heavy atom. The lowest BCUT2D eigenvalue weighted by Crippen LogP contribution is -2.37. The Morgan fingerprint density at radius 3 is 2.08 bits per heavy atom. The number of nitrogens with zero attached hydrogens (tertiary/aromatic N) is 4. The standard InChI is InChI=1S/C14H18N6O4/c1-10-2-4-17-19(10)8-12(21)15-6-7-16-13(22)9-20-11(14(23)24)3-5-18-20/h2-5H,6-9H2,1H3,(H,15,21)(H,16,22)(H,23,24). The van der Waals surface area contributed by atoms with Crippen molar-refractivity contribution in [3.63, 3.8) is 0 Å². The molecule has 2 rings (SSSR count). The van der Waals surface area contributed by atoms with E-state index in [-0.39, 0.29) is 37.8 Å². The van der Waals surface area contributed by atoms with Gasteiger partial charge in [0.05, 0.1) is 0 Å². The molecule has 0 spiro atoms. The Bertz CT molecular complexity index is 735. The van der Waals surface area contributed by atoms with Crippen LogP contribution in [0.15, 0.2) is 24.5 Å². The van der Waals surface area contributed by atoms with E-state index in [9.17, 15) is 14.4 Å². The molecule has 0 aromatic carbocycles. The monoisotopic (exact) mass is 334 g/mol. The van der Waals surface area contributed by atoms with Gasteiger partial charge in [-0.15, -0.1) is 0 Å².